The highest BCUT2D eigenvalue weighted by molar-refractivity contribution is 7.71. The molecular weight excluding hydrogens is 288 g/mol. The monoisotopic (exact) mass is 297 g/mol. The molecule has 104 valence electrons. The lowest BCUT2D eigenvalue weighted by molar-refractivity contribution is -0.137. The lowest BCUT2D eigenvalue weighted by atomic mass is 10.2. The highest BCUT2D eigenvalue weighted by Gasteiger charge is 2.38. The summed E-state index contributed by atoms with van der Waals surface area (Å²) in [5, 5.41) is 0. The zero-order valence-electron chi connectivity index (χ0n) is 10.3. The number of benzene rings is 1. The minimum absolute atomic E-state index is 0.0750. The predicted molar refractivity (Wildman–Crippen MR) is 68.5 cm³/mol. The summed E-state index contributed by atoms with van der Waals surface area (Å²) in [5.41, 5.74) is 0.153. The summed E-state index contributed by atoms with van der Waals surface area (Å²) in [6.45, 7) is 0. The number of H-pyrrole nitrogens is 1. The normalized spacial score (nSPS) is 19.4. The number of carbonyl (C=O) groups is 2. The largest absolute Gasteiger partial charge is 0.330 e. The molecule has 20 heavy (non-hydrogen) atoms. The number of rotatable bonds is 1. The van der Waals surface area contributed by atoms with Gasteiger partial charge in [0.2, 0.25) is 5.91 Å². The molecule has 1 atom stereocenters. The fourth-order valence-electron chi connectivity index (χ4n) is 2.39. The first-order valence-electron chi connectivity index (χ1n) is 5.80. The highest BCUT2D eigenvalue weighted by Crippen LogP contribution is 2.30. The van der Waals surface area contributed by atoms with Crippen LogP contribution < -0.4 is 0 Å². The topological polar surface area (TPSA) is 58.1 Å². The Morgan fingerprint density at radius 1 is 1.35 bits per heavy atom. The molecule has 1 fully saturated rings. The molecule has 0 saturated carbocycles. The van der Waals surface area contributed by atoms with Crippen LogP contribution >= 0.6 is 12.2 Å². The Balaban J connectivity index is 2.30. The van der Waals surface area contributed by atoms with E-state index in [-0.39, 0.29) is 28.1 Å². The van der Waals surface area contributed by atoms with Gasteiger partial charge in [0.25, 0.3) is 5.91 Å². The van der Waals surface area contributed by atoms with Gasteiger partial charge in [-0.15, -0.1) is 0 Å². The maximum Gasteiger partial charge on any atom is 0.252 e. The Labute approximate surface area is 116 Å². The van der Waals surface area contributed by atoms with Gasteiger partial charge >= 0.3 is 0 Å². The molecule has 1 aromatic heterocycles. The summed E-state index contributed by atoms with van der Waals surface area (Å²) in [6.07, 6.45) is -0.119. The van der Waals surface area contributed by atoms with Gasteiger partial charge in [0.1, 0.15) is 11.6 Å². The van der Waals surface area contributed by atoms with Gasteiger partial charge < -0.3 is 9.55 Å². The van der Waals surface area contributed by atoms with Gasteiger partial charge in [-0.3, -0.25) is 14.5 Å². The smallest absolute Gasteiger partial charge is 0.252 e. The Hall–Kier alpha value is -2.09. The van der Waals surface area contributed by atoms with E-state index in [1.165, 1.54) is 17.7 Å². The zero-order chi connectivity index (χ0) is 14.6. The van der Waals surface area contributed by atoms with Crippen LogP contribution in [-0.4, -0.2) is 33.3 Å². The van der Waals surface area contributed by atoms with Crippen LogP contribution in [0.15, 0.2) is 12.1 Å². The molecule has 1 saturated heterocycles. The predicted octanol–water partition coefficient (Wildman–Crippen LogP) is 1.91. The quantitative estimate of drug-likeness (QED) is 0.646. The summed E-state index contributed by atoms with van der Waals surface area (Å²) >= 11 is 5.06. The molecule has 8 heteroatoms. The van der Waals surface area contributed by atoms with Crippen LogP contribution in [0.2, 0.25) is 0 Å². The number of aromatic nitrogens is 2. The molecule has 2 aromatic rings. The number of carbonyl (C=O) groups excluding carboxylic acids is 2. The average molecular weight is 297 g/mol. The number of aromatic amines is 1. The second-order valence-corrected chi connectivity index (χ2v) is 4.96. The van der Waals surface area contributed by atoms with Crippen molar-refractivity contribution in [3.63, 3.8) is 0 Å². The first-order chi connectivity index (χ1) is 9.41. The molecule has 0 radical (unpaired) electrons. The second-order valence-electron chi connectivity index (χ2n) is 4.57. The molecule has 0 spiro atoms. The second kappa shape index (κ2) is 4.20. The Morgan fingerprint density at radius 3 is 2.65 bits per heavy atom. The maximum absolute atomic E-state index is 14.0. The van der Waals surface area contributed by atoms with E-state index < -0.39 is 23.6 Å². The molecule has 1 aliphatic rings. The van der Waals surface area contributed by atoms with Gasteiger partial charge in [-0.1, -0.05) is 0 Å². The number of likely N-dealkylation sites (N-methyl/N-ethyl adjacent to an activating group) is 1. The number of nitrogens with one attached hydrogen (secondary N) is 1. The van der Waals surface area contributed by atoms with E-state index in [4.69, 9.17) is 12.2 Å². The number of hydrogen-bond donors (Lipinski definition) is 1. The molecule has 1 N–H and O–H groups in total. The number of imidazole rings is 1. The van der Waals surface area contributed by atoms with E-state index >= 15 is 0 Å². The van der Waals surface area contributed by atoms with Crippen LogP contribution in [0.5, 0.6) is 0 Å². The van der Waals surface area contributed by atoms with Gasteiger partial charge in [0, 0.05) is 7.05 Å². The summed E-state index contributed by atoms with van der Waals surface area (Å²) in [4.78, 5) is 27.3. The van der Waals surface area contributed by atoms with Crippen molar-refractivity contribution in [2.24, 2.45) is 0 Å². The highest BCUT2D eigenvalue weighted by atomic mass is 32.1. The van der Waals surface area contributed by atoms with Gasteiger partial charge in [-0.25, -0.2) is 8.78 Å². The molecule has 3 rings (SSSR count). The van der Waals surface area contributed by atoms with Gasteiger partial charge in [-0.2, -0.15) is 0 Å². The van der Waals surface area contributed by atoms with Crippen molar-refractivity contribution in [3.8, 4) is 0 Å². The van der Waals surface area contributed by atoms with E-state index in [1.807, 2.05) is 0 Å². The summed E-state index contributed by atoms with van der Waals surface area (Å²) in [5.74, 6) is -3.00. The van der Waals surface area contributed by atoms with Crippen molar-refractivity contribution in [3.05, 3.63) is 28.5 Å². The molecule has 2 heterocycles. The Kier molecular flexibility index (Phi) is 2.72. The molecule has 5 nitrogen and oxygen atoms in total. The summed E-state index contributed by atoms with van der Waals surface area (Å²) in [7, 11) is 1.35. The lowest BCUT2D eigenvalue weighted by Gasteiger charge is -2.12. The molecule has 2 amide bonds. The number of halogens is 2. The number of hydrogen-bond acceptors (Lipinski definition) is 3. The van der Waals surface area contributed by atoms with Crippen LogP contribution in [0, 0.1) is 16.4 Å². The maximum atomic E-state index is 14.0. The molecule has 0 aliphatic carbocycles. The molecule has 1 aliphatic heterocycles. The fraction of sp³-hybridized carbons (Fsp3) is 0.250. The van der Waals surface area contributed by atoms with Crippen LogP contribution in [-0.2, 0) is 9.59 Å². The van der Waals surface area contributed by atoms with Gasteiger partial charge in [0.05, 0.1) is 11.9 Å². The van der Waals surface area contributed by atoms with Crippen LogP contribution in [0.1, 0.15) is 12.5 Å². The number of amides is 2. The van der Waals surface area contributed by atoms with Crippen molar-refractivity contribution >= 4 is 35.1 Å². The van der Waals surface area contributed by atoms with Gasteiger partial charge in [0.15, 0.2) is 16.4 Å². The van der Waals surface area contributed by atoms with Crippen molar-refractivity contribution in [1.82, 2.24) is 14.5 Å². The lowest BCUT2D eigenvalue weighted by Crippen LogP contribution is -2.27. The third-order valence-electron chi connectivity index (χ3n) is 3.44. The third-order valence-corrected chi connectivity index (χ3v) is 3.74. The van der Waals surface area contributed by atoms with Crippen LogP contribution in [0.25, 0.3) is 11.0 Å². The van der Waals surface area contributed by atoms with E-state index in [0.717, 1.165) is 11.0 Å². The number of fused-ring (bicyclic) bond motifs is 1. The number of imide groups is 1. The fourth-order valence-corrected chi connectivity index (χ4v) is 2.72. The molecule has 0 bridgehead atoms. The van der Waals surface area contributed by atoms with Crippen LogP contribution in [0.3, 0.4) is 0 Å². The standard InChI is InChI=1S/C12H9F2N3O2S/c1-16-8(18)4-7(11(16)19)17-10-6(15-12(17)20)3-2-5(13)9(10)14/h2-3,7H,4H2,1H3,(H,15,20). The summed E-state index contributed by atoms with van der Waals surface area (Å²) < 4.78 is 28.6. The molecule has 1 aromatic carbocycles. The minimum Gasteiger partial charge on any atom is -0.330 e. The zero-order valence-corrected chi connectivity index (χ0v) is 11.1. The van der Waals surface area contributed by atoms with E-state index in [9.17, 15) is 18.4 Å². The molecular formula is C12H9F2N3O2S. The van der Waals surface area contributed by atoms with Gasteiger partial charge in [-0.05, 0) is 24.4 Å². The van der Waals surface area contributed by atoms with E-state index in [1.54, 1.807) is 0 Å². The number of likely N-dealkylation sites (tertiary alicyclic amines) is 1. The molecule has 1 unspecified atom stereocenters. The first-order valence-corrected chi connectivity index (χ1v) is 6.21. The average Bonchev–Trinajstić information content (AvgIpc) is 2.86. The SMILES string of the molecule is CN1C(=O)CC(n2c(=S)[nH]c3ccc(F)c(F)c32)C1=O. The van der Waals surface area contributed by atoms with Crippen molar-refractivity contribution in [1.29, 1.82) is 0 Å². The van der Waals surface area contributed by atoms with Crippen molar-refractivity contribution in [2.45, 2.75) is 12.5 Å². The van der Waals surface area contributed by atoms with E-state index in [0.29, 0.717) is 0 Å². The van der Waals surface area contributed by atoms with Crippen LogP contribution in [0.4, 0.5) is 8.78 Å². The minimum atomic E-state index is -1.09. The van der Waals surface area contributed by atoms with Crippen molar-refractivity contribution < 1.29 is 18.4 Å². The Morgan fingerprint density at radius 2 is 2.05 bits per heavy atom. The number of nitrogens with zero attached hydrogens (tertiary/aromatic N) is 2. The summed E-state index contributed by atoms with van der Waals surface area (Å²) in [6, 6.07) is 1.37. The first kappa shape index (κ1) is 12.9. The third kappa shape index (κ3) is 1.61. The van der Waals surface area contributed by atoms with E-state index in [2.05, 4.69) is 4.98 Å². The van der Waals surface area contributed by atoms with Crippen molar-refractivity contribution in [2.75, 3.05) is 7.05 Å². The Bertz CT molecular complexity index is 811.